The maximum atomic E-state index is 10.3. The minimum atomic E-state index is -1.43. The van der Waals surface area contributed by atoms with Crippen molar-refractivity contribution in [2.45, 2.75) is 39.1 Å². The summed E-state index contributed by atoms with van der Waals surface area (Å²) in [6, 6.07) is 7.88. The Balaban J connectivity index is 3.06. The number of rotatable bonds is 1. The van der Waals surface area contributed by atoms with E-state index in [2.05, 4.69) is 31.1 Å². The first kappa shape index (κ1) is 13.0. The van der Waals surface area contributed by atoms with Gasteiger partial charge in [0.25, 0.3) is 0 Å². The molecule has 0 aliphatic heterocycles. The van der Waals surface area contributed by atoms with Crippen molar-refractivity contribution in [3.05, 3.63) is 35.4 Å². The van der Waals surface area contributed by atoms with Crippen molar-refractivity contribution in [2.24, 2.45) is 0 Å². The molecule has 1 aromatic rings. The van der Waals surface area contributed by atoms with E-state index in [0.717, 1.165) is 11.1 Å². The predicted molar refractivity (Wildman–Crippen MR) is 71.9 cm³/mol. The summed E-state index contributed by atoms with van der Waals surface area (Å²) in [7, 11) is -1.43. The highest BCUT2D eigenvalue weighted by Gasteiger charge is 2.20. The maximum Gasteiger partial charge on any atom is 0.147 e. The third-order valence-corrected chi connectivity index (χ3v) is 3.14. The molecule has 86 valence electrons. The molecule has 1 rings (SSSR count). The lowest BCUT2D eigenvalue weighted by Crippen LogP contribution is -2.22. The van der Waals surface area contributed by atoms with Gasteiger partial charge in [-0.15, -0.1) is 5.54 Å². The van der Waals surface area contributed by atoms with E-state index in [1.165, 1.54) is 0 Å². The summed E-state index contributed by atoms with van der Waals surface area (Å²) in [5.74, 6) is 3.01. The monoisotopic (exact) mass is 232 g/mol. The molecule has 0 aliphatic carbocycles. The van der Waals surface area contributed by atoms with Crippen LogP contribution in [0, 0.1) is 18.4 Å². The number of benzene rings is 1. The predicted octanol–water partition coefficient (Wildman–Crippen LogP) is 3.08. The van der Waals surface area contributed by atoms with E-state index in [1.807, 2.05) is 31.2 Å². The highest BCUT2D eigenvalue weighted by molar-refractivity contribution is 6.83. The Bertz CT molecular complexity index is 430. The zero-order valence-electron chi connectivity index (χ0n) is 10.8. The van der Waals surface area contributed by atoms with E-state index >= 15 is 0 Å². The van der Waals surface area contributed by atoms with Crippen LogP contribution in [-0.2, 0) is 5.60 Å². The van der Waals surface area contributed by atoms with E-state index in [9.17, 15) is 5.11 Å². The van der Waals surface area contributed by atoms with Crippen LogP contribution in [0.1, 0.15) is 18.1 Å². The molecule has 0 amide bonds. The van der Waals surface area contributed by atoms with Crippen LogP contribution in [0.4, 0.5) is 0 Å². The maximum absolute atomic E-state index is 10.3. The Morgan fingerprint density at radius 3 is 2.38 bits per heavy atom. The molecule has 0 aliphatic rings. The zero-order chi connectivity index (χ0) is 12.4. The largest absolute Gasteiger partial charge is 0.374 e. The molecule has 0 bridgehead atoms. The van der Waals surface area contributed by atoms with E-state index in [1.54, 1.807) is 6.92 Å². The van der Waals surface area contributed by atoms with Crippen LogP contribution in [0.3, 0.4) is 0 Å². The highest BCUT2D eigenvalue weighted by Crippen LogP contribution is 2.20. The van der Waals surface area contributed by atoms with E-state index < -0.39 is 13.7 Å². The van der Waals surface area contributed by atoms with Gasteiger partial charge < -0.3 is 5.11 Å². The number of aliphatic hydroxyl groups is 1. The molecule has 1 aromatic carbocycles. The second-order valence-corrected chi connectivity index (χ2v) is 10.2. The first-order valence-corrected chi connectivity index (χ1v) is 9.04. The topological polar surface area (TPSA) is 20.2 Å². The average Bonchev–Trinajstić information content (AvgIpc) is 2.14. The van der Waals surface area contributed by atoms with Gasteiger partial charge in [-0.1, -0.05) is 55.4 Å². The van der Waals surface area contributed by atoms with Crippen LogP contribution in [0.5, 0.6) is 0 Å². The van der Waals surface area contributed by atoms with E-state index in [-0.39, 0.29) is 0 Å². The normalized spacial score (nSPS) is 14.9. The van der Waals surface area contributed by atoms with E-state index in [4.69, 9.17) is 0 Å². The first-order valence-electron chi connectivity index (χ1n) is 5.54. The molecule has 16 heavy (non-hydrogen) atoms. The van der Waals surface area contributed by atoms with Gasteiger partial charge in [0.1, 0.15) is 13.7 Å². The molecule has 1 nitrogen and oxygen atoms in total. The molecular weight excluding hydrogens is 212 g/mol. The lowest BCUT2D eigenvalue weighted by molar-refractivity contribution is 0.122. The summed E-state index contributed by atoms with van der Waals surface area (Å²) >= 11 is 0. The van der Waals surface area contributed by atoms with Gasteiger partial charge in [-0.25, -0.2) is 0 Å². The van der Waals surface area contributed by atoms with E-state index in [0.29, 0.717) is 0 Å². The summed E-state index contributed by atoms with van der Waals surface area (Å²) in [4.78, 5) is 0. The van der Waals surface area contributed by atoms with Crippen molar-refractivity contribution >= 4 is 8.07 Å². The van der Waals surface area contributed by atoms with Crippen molar-refractivity contribution in [3.8, 4) is 11.5 Å². The lowest BCUT2D eigenvalue weighted by atomic mass is 9.96. The van der Waals surface area contributed by atoms with Crippen LogP contribution in [0.15, 0.2) is 24.3 Å². The Kier molecular flexibility index (Phi) is 3.62. The van der Waals surface area contributed by atoms with Gasteiger partial charge in [0.05, 0.1) is 0 Å². The fourth-order valence-electron chi connectivity index (χ4n) is 1.33. The van der Waals surface area contributed by atoms with Crippen molar-refractivity contribution in [2.75, 3.05) is 0 Å². The quantitative estimate of drug-likeness (QED) is 0.583. The van der Waals surface area contributed by atoms with Crippen LogP contribution in [-0.4, -0.2) is 13.2 Å². The van der Waals surface area contributed by atoms with Crippen molar-refractivity contribution < 1.29 is 5.11 Å². The van der Waals surface area contributed by atoms with Crippen LogP contribution >= 0.6 is 0 Å². The molecule has 1 unspecified atom stereocenters. The smallest absolute Gasteiger partial charge is 0.147 e. The summed E-state index contributed by atoms with van der Waals surface area (Å²) in [5, 5.41) is 10.3. The average molecular weight is 232 g/mol. The number of aryl methyl sites for hydroxylation is 1. The highest BCUT2D eigenvalue weighted by atomic mass is 28.3. The van der Waals surface area contributed by atoms with Gasteiger partial charge in [0.2, 0.25) is 0 Å². The van der Waals surface area contributed by atoms with Crippen molar-refractivity contribution in [3.63, 3.8) is 0 Å². The number of hydrogen-bond acceptors (Lipinski definition) is 1. The molecule has 0 aromatic heterocycles. The fourth-order valence-corrected chi connectivity index (χ4v) is 1.95. The van der Waals surface area contributed by atoms with Gasteiger partial charge in [-0.2, -0.15) is 0 Å². The minimum Gasteiger partial charge on any atom is -0.374 e. The van der Waals surface area contributed by atoms with Gasteiger partial charge >= 0.3 is 0 Å². The van der Waals surface area contributed by atoms with Crippen molar-refractivity contribution in [1.82, 2.24) is 0 Å². The molecule has 2 heteroatoms. The SMILES string of the molecule is Cc1cccc(C(C)(O)C#C[Si](C)(C)C)c1. The Labute approximate surface area is 99.5 Å². The molecule has 0 radical (unpaired) electrons. The third-order valence-electron chi connectivity index (χ3n) is 2.26. The summed E-state index contributed by atoms with van der Waals surface area (Å²) in [6.07, 6.45) is 0. The Hall–Kier alpha value is -1.04. The Morgan fingerprint density at radius 2 is 1.88 bits per heavy atom. The van der Waals surface area contributed by atoms with Crippen LogP contribution in [0.25, 0.3) is 0 Å². The van der Waals surface area contributed by atoms with Gasteiger partial charge in [-0.05, 0) is 19.4 Å². The molecular formula is C14H20OSi. The summed E-state index contributed by atoms with van der Waals surface area (Å²) < 4.78 is 0. The fraction of sp³-hybridized carbons (Fsp3) is 0.429. The molecule has 0 heterocycles. The number of hydrogen-bond donors (Lipinski definition) is 1. The first-order chi connectivity index (χ1) is 7.21. The summed E-state index contributed by atoms with van der Waals surface area (Å²) in [5.41, 5.74) is 4.20. The second-order valence-electron chi connectivity index (χ2n) is 5.44. The lowest BCUT2D eigenvalue weighted by Gasteiger charge is -2.18. The molecule has 1 atom stereocenters. The molecule has 0 saturated carbocycles. The van der Waals surface area contributed by atoms with Crippen molar-refractivity contribution in [1.29, 1.82) is 0 Å². The third kappa shape index (κ3) is 3.84. The molecule has 0 fully saturated rings. The molecule has 1 N–H and O–H groups in total. The summed E-state index contributed by atoms with van der Waals surface area (Å²) in [6.45, 7) is 10.3. The van der Waals surface area contributed by atoms with Crippen LogP contribution in [0.2, 0.25) is 19.6 Å². The standard InChI is InChI=1S/C14H20OSi/c1-12-7-6-8-13(11-12)14(2,15)9-10-16(3,4)5/h6-8,11,15H,1-5H3. The van der Waals surface area contributed by atoms with Gasteiger partial charge in [-0.3, -0.25) is 0 Å². The Morgan fingerprint density at radius 1 is 1.25 bits per heavy atom. The molecule has 0 spiro atoms. The van der Waals surface area contributed by atoms with Crippen LogP contribution < -0.4 is 0 Å². The second kappa shape index (κ2) is 4.45. The zero-order valence-corrected chi connectivity index (χ0v) is 11.8. The van der Waals surface area contributed by atoms with Gasteiger partial charge in [0.15, 0.2) is 0 Å². The minimum absolute atomic E-state index is 0.873. The molecule has 0 saturated heterocycles. The van der Waals surface area contributed by atoms with Gasteiger partial charge in [0, 0.05) is 0 Å².